The third-order valence-electron chi connectivity index (χ3n) is 6.73. The molecule has 0 saturated carbocycles. The van der Waals surface area contributed by atoms with Gasteiger partial charge in [0.15, 0.2) is 0 Å². The first-order valence-electron chi connectivity index (χ1n) is 13.1. The van der Waals surface area contributed by atoms with E-state index >= 15 is 0 Å². The zero-order valence-corrected chi connectivity index (χ0v) is 24.4. The number of rotatable bonds is 11. The molecule has 3 aromatic rings. The van der Waals surface area contributed by atoms with Gasteiger partial charge in [0.05, 0.1) is 23.7 Å². The van der Waals surface area contributed by atoms with Gasteiger partial charge in [-0.05, 0) is 35.6 Å². The van der Waals surface area contributed by atoms with Gasteiger partial charge in [-0.2, -0.15) is 8.42 Å². The highest BCUT2D eigenvalue weighted by molar-refractivity contribution is 8.01. The van der Waals surface area contributed by atoms with Crippen molar-refractivity contribution in [2.24, 2.45) is 0 Å². The lowest BCUT2D eigenvalue weighted by Crippen LogP contribution is -2.36. The van der Waals surface area contributed by atoms with Crippen molar-refractivity contribution in [1.29, 1.82) is 0 Å². The second kappa shape index (κ2) is 13.4. The Morgan fingerprint density at radius 2 is 1.48 bits per heavy atom. The van der Waals surface area contributed by atoms with E-state index in [2.05, 4.69) is 79.4 Å². The maximum atomic E-state index is 13.1. The molecule has 6 nitrogen and oxygen atoms in total. The maximum absolute atomic E-state index is 13.1. The molecule has 1 fully saturated rings. The molecule has 1 aliphatic rings. The molecular formula is C32H35NO5S2. The Bertz CT molecular complexity index is 1310. The first-order valence-corrected chi connectivity index (χ1v) is 15.8. The molecule has 1 aliphatic heterocycles. The highest BCUT2D eigenvalue weighted by Crippen LogP contribution is 2.52. The molecule has 0 N–H and O–H groups in total. The lowest BCUT2D eigenvalue weighted by atomic mass is 9.84. The van der Waals surface area contributed by atoms with Crippen LogP contribution < -0.4 is 0 Å². The average molecular weight is 578 g/mol. The van der Waals surface area contributed by atoms with Crippen molar-refractivity contribution >= 4 is 28.0 Å². The van der Waals surface area contributed by atoms with Crippen molar-refractivity contribution in [2.45, 2.75) is 29.4 Å². The normalized spacial score (nSPS) is 17.9. The minimum atomic E-state index is -3.58. The summed E-state index contributed by atoms with van der Waals surface area (Å²) in [5.41, 5.74) is 4.17. The highest BCUT2D eigenvalue weighted by atomic mass is 32.2. The molecule has 210 valence electrons. The average Bonchev–Trinajstić information content (AvgIpc) is 3.36. The van der Waals surface area contributed by atoms with Crippen LogP contribution in [0, 0.1) is 0 Å². The molecule has 1 amide bonds. The molecular weight excluding hydrogens is 542 g/mol. The van der Waals surface area contributed by atoms with E-state index < -0.39 is 21.0 Å². The monoisotopic (exact) mass is 577 g/mol. The smallest absolute Gasteiger partial charge is 0.410 e. The SMILES string of the molecule is C=CCOC(=O)N1C[C@@H](SC(c2ccccc2)(c2ccccc2)c2ccccc2)C[C@H]1/C=C(/C)COS(C)(=O)=O. The van der Waals surface area contributed by atoms with Crippen LogP contribution in [0.15, 0.2) is 115 Å². The molecule has 1 heterocycles. The highest BCUT2D eigenvalue weighted by Gasteiger charge is 2.44. The standard InChI is InChI=1S/C32H35NO5S2/c1-4-20-37-31(34)33-23-30(22-29(33)21-25(2)24-38-40(3,35)36)39-32(26-14-8-5-9-15-26,27-16-10-6-11-17-27)28-18-12-7-13-19-28/h4-19,21,29-30H,1,20,22-24H2,2-3H3/b25-21-/t29-,30+/m1/s1. The Kier molecular flexibility index (Phi) is 9.90. The molecule has 0 aliphatic carbocycles. The predicted molar refractivity (Wildman–Crippen MR) is 162 cm³/mol. The van der Waals surface area contributed by atoms with E-state index in [-0.39, 0.29) is 24.5 Å². The van der Waals surface area contributed by atoms with Gasteiger partial charge in [-0.3, -0.25) is 4.18 Å². The van der Waals surface area contributed by atoms with Gasteiger partial charge < -0.3 is 9.64 Å². The van der Waals surface area contributed by atoms with Crippen LogP contribution in [0.1, 0.15) is 30.0 Å². The number of thioether (sulfide) groups is 1. The van der Waals surface area contributed by atoms with E-state index in [1.54, 1.807) is 17.9 Å². The molecule has 3 aromatic carbocycles. The van der Waals surface area contributed by atoms with Gasteiger partial charge >= 0.3 is 6.09 Å². The largest absolute Gasteiger partial charge is 0.445 e. The van der Waals surface area contributed by atoms with Crippen LogP contribution >= 0.6 is 11.8 Å². The second-order valence-corrected chi connectivity index (χ2v) is 13.0. The van der Waals surface area contributed by atoms with E-state index in [0.717, 1.165) is 28.5 Å². The van der Waals surface area contributed by atoms with Crippen molar-refractivity contribution in [3.8, 4) is 0 Å². The third kappa shape index (κ3) is 7.24. The number of amides is 1. The van der Waals surface area contributed by atoms with E-state index in [4.69, 9.17) is 8.92 Å². The minimum absolute atomic E-state index is 0.0433. The summed E-state index contributed by atoms with van der Waals surface area (Å²) < 4.78 is 33.0. The Morgan fingerprint density at radius 3 is 1.93 bits per heavy atom. The molecule has 0 bridgehead atoms. The minimum Gasteiger partial charge on any atom is -0.445 e. The first-order chi connectivity index (χ1) is 19.2. The molecule has 2 atom stereocenters. The van der Waals surface area contributed by atoms with E-state index in [0.29, 0.717) is 13.0 Å². The summed E-state index contributed by atoms with van der Waals surface area (Å²) in [7, 11) is -3.58. The summed E-state index contributed by atoms with van der Waals surface area (Å²) in [6.45, 7) is 5.98. The summed E-state index contributed by atoms with van der Waals surface area (Å²) in [6.07, 6.45) is 4.72. The number of benzene rings is 3. The number of nitrogens with zero attached hydrogens (tertiary/aromatic N) is 1. The fourth-order valence-corrected chi connectivity index (χ4v) is 7.29. The fraction of sp³-hybridized carbons (Fsp3) is 0.281. The second-order valence-electron chi connectivity index (χ2n) is 9.82. The van der Waals surface area contributed by atoms with Crippen molar-refractivity contribution in [1.82, 2.24) is 4.90 Å². The Labute approximate surface area is 241 Å². The summed E-state index contributed by atoms with van der Waals surface area (Å²) in [6, 6.07) is 31.0. The number of hydrogen-bond acceptors (Lipinski definition) is 6. The van der Waals surface area contributed by atoms with E-state index in [9.17, 15) is 13.2 Å². The number of ether oxygens (including phenoxy) is 1. The molecule has 0 radical (unpaired) electrons. The van der Waals surface area contributed by atoms with Crippen molar-refractivity contribution in [3.05, 3.63) is 132 Å². The van der Waals surface area contributed by atoms with Crippen LogP contribution in [-0.2, 0) is 23.8 Å². The summed E-state index contributed by atoms with van der Waals surface area (Å²) in [4.78, 5) is 14.8. The zero-order valence-electron chi connectivity index (χ0n) is 22.8. The number of hydrogen-bond donors (Lipinski definition) is 0. The molecule has 0 spiro atoms. The molecule has 8 heteroatoms. The topological polar surface area (TPSA) is 72.9 Å². The van der Waals surface area contributed by atoms with Crippen molar-refractivity contribution in [2.75, 3.05) is 26.0 Å². The quantitative estimate of drug-likeness (QED) is 0.149. The van der Waals surface area contributed by atoms with Crippen LogP contribution in [0.2, 0.25) is 0 Å². The third-order valence-corrected chi connectivity index (χ3v) is 9.01. The summed E-state index contributed by atoms with van der Waals surface area (Å²) >= 11 is 1.83. The van der Waals surface area contributed by atoms with Crippen molar-refractivity contribution in [3.63, 3.8) is 0 Å². The van der Waals surface area contributed by atoms with Gasteiger partial charge in [-0.25, -0.2) is 4.79 Å². The predicted octanol–water partition coefficient (Wildman–Crippen LogP) is 6.40. The molecule has 40 heavy (non-hydrogen) atoms. The molecule has 1 saturated heterocycles. The van der Waals surface area contributed by atoms with Gasteiger partial charge in [0.2, 0.25) is 0 Å². The molecule has 0 aromatic heterocycles. The fourth-order valence-electron chi connectivity index (χ4n) is 5.04. The van der Waals surface area contributed by atoms with Crippen molar-refractivity contribution < 1.29 is 22.1 Å². The van der Waals surface area contributed by atoms with Gasteiger partial charge in [-0.15, -0.1) is 11.8 Å². The lowest BCUT2D eigenvalue weighted by molar-refractivity contribution is 0.114. The number of carbonyl (C=O) groups is 1. The molecule has 0 unspecified atom stereocenters. The molecule has 4 rings (SSSR count). The number of likely N-dealkylation sites (tertiary alicyclic amines) is 1. The van der Waals surface area contributed by atoms with E-state index in [1.807, 2.05) is 36.0 Å². The van der Waals surface area contributed by atoms with Crippen LogP contribution in [0.4, 0.5) is 4.79 Å². The van der Waals surface area contributed by atoms with Gasteiger partial charge in [0, 0.05) is 11.8 Å². The summed E-state index contributed by atoms with van der Waals surface area (Å²) in [5, 5.41) is 0.0433. The Balaban J connectivity index is 1.74. The maximum Gasteiger partial charge on any atom is 0.410 e. The van der Waals surface area contributed by atoms with Gasteiger partial charge in [-0.1, -0.05) is 110 Å². The first kappa shape index (κ1) is 29.6. The Hall–Kier alpha value is -3.33. The van der Waals surface area contributed by atoms with Gasteiger partial charge in [0.1, 0.15) is 6.61 Å². The van der Waals surface area contributed by atoms with Crippen LogP contribution in [0.5, 0.6) is 0 Å². The van der Waals surface area contributed by atoms with E-state index in [1.165, 1.54) is 0 Å². The van der Waals surface area contributed by atoms with Crippen LogP contribution in [-0.4, -0.2) is 56.7 Å². The van der Waals surface area contributed by atoms with Gasteiger partial charge in [0.25, 0.3) is 10.1 Å². The van der Waals surface area contributed by atoms with Crippen LogP contribution in [0.25, 0.3) is 0 Å². The Morgan fingerprint density at radius 1 is 0.975 bits per heavy atom. The summed E-state index contributed by atoms with van der Waals surface area (Å²) in [5.74, 6) is 0. The lowest BCUT2D eigenvalue weighted by Gasteiger charge is -2.37. The number of carbonyl (C=O) groups excluding carboxylic acids is 1. The zero-order chi connectivity index (χ0) is 28.6. The van der Waals surface area contributed by atoms with Crippen LogP contribution in [0.3, 0.4) is 0 Å².